The maximum atomic E-state index is 5.83. The lowest BCUT2D eigenvalue weighted by Gasteiger charge is -2.25. The Bertz CT molecular complexity index is 421. The lowest BCUT2D eigenvalue weighted by molar-refractivity contribution is 0.122. The van der Waals surface area contributed by atoms with E-state index in [0.29, 0.717) is 6.61 Å². The fourth-order valence-electron chi connectivity index (χ4n) is 2.21. The molecule has 112 valence electrons. The molecule has 1 aromatic rings. The number of ether oxygens (including phenoxy) is 2. The molecule has 0 radical (unpaired) electrons. The van der Waals surface area contributed by atoms with Crippen LogP contribution in [0.2, 0.25) is 0 Å². The molecule has 0 atom stereocenters. The number of hydrogen-bond donors (Lipinski definition) is 2. The van der Waals surface area contributed by atoms with Crippen molar-refractivity contribution >= 4 is 5.95 Å². The van der Waals surface area contributed by atoms with Gasteiger partial charge in [0.25, 0.3) is 0 Å². The summed E-state index contributed by atoms with van der Waals surface area (Å²) in [6, 6.07) is 0.521. The monoisotopic (exact) mass is 281 g/mol. The van der Waals surface area contributed by atoms with Gasteiger partial charge in [0, 0.05) is 0 Å². The Labute approximate surface area is 119 Å². The Morgan fingerprint density at radius 2 is 1.85 bits per heavy atom. The summed E-state index contributed by atoms with van der Waals surface area (Å²) in [6.45, 7) is 4.84. The Morgan fingerprint density at radius 3 is 2.50 bits per heavy atom. The molecule has 0 aromatic carbocycles. The van der Waals surface area contributed by atoms with Crippen molar-refractivity contribution in [2.24, 2.45) is 11.8 Å². The third kappa shape index (κ3) is 4.19. The number of hydrazine groups is 1. The van der Waals surface area contributed by atoms with E-state index in [-0.39, 0.29) is 24.1 Å². The van der Waals surface area contributed by atoms with E-state index in [1.54, 1.807) is 0 Å². The molecule has 1 aliphatic carbocycles. The first-order valence-electron chi connectivity index (χ1n) is 7.23. The molecule has 1 aromatic heterocycles. The normalized spacial score (nSPS) is 22.4. The Hall–Kier alpha value is -1.63. The van der Waals surface area contributed by atoms with Gasteiger partial charge in [-0.05, 0) is 38.0 Å². The second-order valence-electron chi connectivity index (χ2n) is 5.22. The molecule has 2 rings (SSSR count). The predicted molar refractivity (Wildman–Crippen MR) is 75.5 cm³/mol. The molecule has 1 heterocycles. The lowest BCUT2D eigenvalue weighted by Crippen LogP contribution is -2.24. The standard InChI is InChI=1S/C13H23N5O2/c1-3-8-19-12-15-11(18-14)16-13(17-12)20-10-6-4-9(2)5-7-10/h9-10H,3-8,14H2,1-2H3,(H,15,16,17,18). The number of anilines is 1. The first kappa shape index (κ1) is 14.8. The van der Waals surface area contributed by atoms with Crippen molar-refractivity contribution < 1.29 is 9.47 Å². The highest BCUT2D eigenvalue weighted by molar-refractivity contribution is 5.25. The molecule has 0 unspecified atom stereocenters. The van der Waals surface area contributed by atoms with Crippen LogP contribution < -0.4 is 20.7 Å². The fourth-order valence-corrected chi connectivity index (χ4v) is 2.21. The van der Waals surface area contributed by atoms with E-state index in [0.717, 1.165) is 25.2 Å². The molecule has 1 aliphatic rings. The largest absolute Gasteiger partial charge is 0.463 e. The molecule has 20 heavy (non-hydrogen) atoms. The number of nitrogen functional groups attached to an aromatic ring is 1. The molecule has 7 nitrogen and oxygen atoms in total. The second-order valence-corrected chi connectivity index (χ2v) is 5.22. The van der Waals surface area contributed by atoms with Crippen LogP contribution >= 0.6 is 0 Å². The zero-order valence-electron chi connectivity index (χ0n) is 12.1. The minimum Gasteiger partial charge on any atom is -0.463 e. The van der Waals surface area contributed by atoms with Gasteiger partial charge in [0.1, 0.15) is 6.10 Å². The van der Waals surface area contributed by atoms with Gasteiger partial charge < -0.3 is 9.47 Å². The van der Waals surface area contributed by atoms with Crippen molar-refractivity contribution in [3.8, 4) is 12.0 Å². The minimum atomic E-state index is 0.165. The Morgan fingerprint density at radius 1 is 1.15 bits per heavy atom. The van der Waals surface area contributed by atoms with Gasteiger partial charge in [0.2, 0.25) is 5.95 Å². The summed E-state index contributed by atoms with van der Waals surface area (Å²) in [5.74, 6) is 6.38. The number of hydrogen-bond acceptors (Lipinski definition) is 7. The average molecular weight is 281 g/mol. The van der Waals surface area contributed by atoms with E-state index >= 15 is 0 Å². The number of aromatic nitrogens is 3. The predicted octanol–water partition coefficient (Wildman–Crippen LogP) is 1.90. The van der Waals surface area contributed by atoms with Gasteiger partial charge in [-0.3, -0.25) is 5.43 Å². The van der Waals surface area contributed by atoms with Crippen molar-refractivity contribution in [1.29, 1.82) is 0 Å². The maximum absolute atomic E-state index is 5.83. The van der Waals surface area contributed by atoms with Crippen molar-refractivity contribution in [1.82, 2.24) is 15.0 Å². The van der Waals surface area contributed by atoms with E-state index in [1.807, 2.05) is 6.92 Å². The average Bonchev–Trinajstić information content (AvgIpc) is 2.47. The van der Waals surface area contributed by atoms with Crippen LogP contribution in [-0.4, -0.2) is 27.7 Å². The SMILES string of the molecule is CCCOc1nc(NN)nc(OC2CCC(C)CC2)n1. The van der Waals surface area contributed by atoms with Gasteiger partial charge in [0.05, 0.1) is 6.61 Å². The smallest absolute Gasteiger partial charge is 0.324 e. The van der Waals surface area contributed by atoms with Crippen molar-refractivity contribution in [2.75, 3.05) is 12.0 Å². The molecule has 1 saturated carbocycles. The van der Waals surface area contributed by atoms with Crippen molar-refractivity contribution in [2.45, 2.75) is 52.1 Å². The Balaban J connectivity index is 2.02. The first-order valence-corrected chi connectivity index (χ1v) is 7.23. The number of nitrogens with zero attached hydrogens (tertiary/aromatic N) is 3. The fraction of sp³-hybridized carbons (Fsp3) is 0.769. The number of rotatable bonds is 6. The molecule has 0 spiro atoms. The van der Waals surface area contributed by atoms with Gasteiger partial charge in [-0.15, -0.1) is 4.98 Å². The molecule has 1 fully saturated rings. The summed E-state index contributed by atoms with van der Waals surface area (Å²) in [5, 5.41) is 0. The van der Waals surface area contributed by atoms with Crippen LogP contribution in [0.25, 0.3) is 0 Å². The van der Waals surface area contributed by atoms with Gasteiger partial charge in [-0.25, -0.2) is 5.84 Å². The van der Waals surface area contributed by atoms with E-state index in [4.69, 9.17) is 15.3 Å². The van der Waals surface area contributed by atoms with Crippen LogP contribution in [-0.2, 0) is 0 Å². The van der Waals surface area contributed by atoms with Crippen LogP contribution in [0.3, 0.4) is 0 Å². The topological polar surface area (TPSA) is 95.2 Å². The van der Waals surface area contributed by atoms with Gasteiger partial charge in [0.15, 0.2) is 0 Å². The van der Waals surface area contributed by atoms with Crippen molar-refractivity contribution in [3.05, 3.63) is 0 Å². The van der Waals surface area contributed by atoms with E-state index in [2.05, 4.69) is 27.3 Å². The zero-order chi connectivity index (χ0) is 14.4. The summed E-state index contributed by atoms with van der Waals surface area (Å²) in [5.41, 5.74) is 2.41. The van der Waals surface area contributed by atoms with E-state index in [1.165, 1.54) is 12.8 Å². The van der Waals surface area contributed by atoms with Gasteiger partial charge in [-0.1, -0.05) is 13.8 Å². The highest BCUT2D eigenvalue weighted by atomic mass is 16.5. The third-order valence-corrected chi connectivity index (χ3v) is 3.39. The van der Waals surface area contributed by atoms with Crippen LogP contribution in [0.15, 0.2) is 0 Å². The zero-order valence-corrected chi connectivity index (χ0v) is 12.1. The molecule has 0 aliphatic heterocycles. The third-order valence-electron chi connectivity index (χ3n) is 3.39. The van der Waals surface area contributed by atoms with Crippen LogP contribution in [0.4, 0.5) is 5.95 Å². The minimum absolute atomic E-state index is 0.165. The second kappa shape index (κ2) is 7.23. The van der Waals surface area contributed by atoms with Crippen molar-refractivity contribution in [3.63, 3.8) is 0 Å². The van der Waals surface area contributed by atoms with Gasteiger partial charge in [-0.2, -0.15) is 9.97 Å². The van der Waals surface area contributed by atoms with Crippen LogP contribution in [0.5, 0.6) is 12.0 Å². The van der Waals surface area contributed by atoms with Crippen LogP contribution in [0, 0.1) is 5.92 Å². The summed E-state index contributed by atoms with van der Waals surface area (Å²) in [7, 11) is 0. The molecule has 0 amide bonds. The lowest BCUT2D eigenvalue weighted by atomic mass is 9.89. The first-order chi connectivity index (χ1) is 9.71. The highest BCUT2D eigenvalue weighted by Gasteiger charge is 2.21. The molecular weight excluding hydrogens is 258 g/mol. The molecular formula is C13H23N5O2. The molecule has 0 bridgehead atoms. The molecule has 0 saturated heterocycles. The maximum Gasteiger partial charge on any atom is 0.324 e. The van der Waals surface area contributed by atoms with Crippen LogP contribution in [0.1, 0.15) is 46.0 Å². The summed E-state index contributed by atoms with van der Waals surface area (Å²) < 4.78 is 11.2. The number of nitrogens with two attached hydrogens (primary N) is 1. The summed E-state index contributed by atoms with van der Waals surface area (Å²) in [6.07, 6.45) is 5.47. The summed E-state index contributed by atoms with van der Waals surface area (Å²) >= 11 is 0. The van der Waals surface area contributed by atoms with E-state index in [9.17, 15) is 0 Å². The molecule has 3 N–H and O–H groups in total. The van der Waals surface area contributed by atoms with Gasteiger partial charge >= 0.3 is 12.0 Å². The molecule has 7 heteroatoms. The highest BCUT2D eigenvalue weighted by Crippen LogP contribution is 2.26. The summed E-state index contributed by atoms with van der Waals surface area (Å²) in [4.78, 5) is 12.3. The van der Waals surface area contributed by atoms with E-state index < -0.39 is 0 Å². The quantitative estimate of drug-likeness (QED) is 0.607. The number of nitrogens with one attached hydrogen (secondary N) is 1. The Kier molecular flexibility index (Phi) is 5.34.